The van der Waals surface area contributed by atoms with Crippen molar-refractivity contribution in [3.8, 4) is 28.0 Å². The Balaban J connectivity index is 1.98. The fourth-order valence-corrected chi connectivity index (χ4v) is 3.09. The lowest BCUT2D eigenvalue weighted by Crippen LogP contribution is -2.32. The molecule has 168 valence electrons. The molecule has 0 spiro atoms. The fourth-order valence-electron chi connectivity index (χ4n) is 3.09. The molecule has 3 aromatic rings. The molecule has 0 saturated carbocycles. The number of nitrogens with zero attached hydrogens (tertiary/aromatic N) is 1. The first-order chi connectivity index (χ1) is 14.9. The maximum atomic E-state index is 13.5. The summed E-state index contributed by atoms with van der Waals surface area (Å²) in [6.45, 7) is 4.95. The molecule has 0 aliphatic carbocycles. The van der Waals surface area contributed by atoms with Gasteiger partial charge in [0.1, 0.15) is 11.4 Å². The van der Waals surface area contributed by atoms with E-state index in [0.29, 0.717) is 22.3 Å². The Hall–Kier alpha value is -3.55. The van der Waals surface area contributed by atoms with Gasteiger partial charge in [0.25, 0.3) is 0 Å². The summed E-state index contributed by atoms with van der Waals surface area (Å²) in [5, 5.41) is 12.7. The summed E-state index contributed by atoms with van der Waals surface area (Å²) in [5.74, 6) is -0.00116. The molecule has 5 nitrogen and oxygen atoms in total. The minimum absolute atomic E-state index is 0.00116. The van der Waals surface area contributed by atoms with Gasteiger partial charge in [-0.2, -0.15) is 13.2 Å². The Kier molecular flexibility index (Phi) is 6.43. The van der Waals surface area contributed by atoms with Crippen LogP contribution in [-0.2, 0) is 17.5 Å². The molecular formula is C24H23F3N2O3. The van der Waals surface area contributed by atoms with E-state index in [2.05, 4.69) is 10.3 Å². The molecule has 0 radical (unpaired) electrons. The van der Waals surface area contributed by atoms with Gasteiger partial charge in [-0.1, -0.05) is 6.07 Å². The van der Waals surface area contributed by atoms with E-state index in [1.54, 1.807) is 63.5 Å². The molecule has 0 bridgehead atoms. The number of halogens is 3. The number of ether oxygens (including phenoxy) is 1. The van der Waals surface area contributed by atoms with Crippen LogP contribution < -0.4 is 5.32 Å². The van der Waals surface area contributed by atoms with Gasteiger partial charge in [0.2, 0.25) is 0 Å². The summed E-state index contributed by atoms with van der Waals surface area (Å²) in [5.41, 5.74) is 0.635. The van der Waals surface area contributed by atoms with Crippen molar-refractivity contribution in [3.05, 3.63) is 72.1 Å². The Morgan fingerprint density at radius 1 is 0.969 bits per heavy atom. The third kappa shape index (κ3) is 6.00. The minimum Gasteiger partial charge on any atom is -0.507 e. The monoisotopic (exact) mass is 444 g/mol. The number of hydrogen-bond acceptors (Lipinski definition) is 4. The van der Waals surface area contributed by atoms with Crippen LogP contribution >= 0.6 is 0 Å². The van der Waals surface area contributed by atoms with Crippen LogP contribution in [0.4, 0.5) is 18.0 Å². The van der Waals surface area contributed by atoms with E-state index in [0.717, 1.165) is 12.1 Å². The number of aromatic hydroxyl groups is 1. The van der Waals surface area contributed by atoms with E-state index < -0.39 is 23.4 Å². The van der Waals surface area contributed by atoms with Gasteiger partial charge in [0.15, 0.2) is 0 Å². The van der Waals surface area contributed by atoms with Crippen LogP contribution in [0.2, 0.25) is 0 Å². The zero-order chi connectivity index (χ0) is 23.5. The zero-order valence-electron chi connectivity index (χ0n) is 17.8. The predicted octanol–water partition coefficient (Wildman–Crippen LogP) is 6.16. The van der Waals surface area contributed by atoms with Gasteiger partial charge in [0.05, 0.1) is 5.56 Å². The molecule has 0 aliphatic heterocycles. The van der Waals surface area contributed by atoms with Crippen molar-refractivity contribution in [2.45, 2.75) is 39.1 Å². The van der Waals surface area contributed by atoms with Crippen LogP contribution in [0.3, 0.4) is 0 Å². The van der Waals surface area contributed by atoms with Crippen molar-refractivity contribution in [3.63, 3.8) is 0 Å². The number of rotatable bonds is 4. The molecule has 1 heterocycles. The lowest BCUT2D eigenvalue weighted by Gasteiger charge is -2.20. The Morgan fingerprint density at radius 3 is 2.28 bits per heavy atom. The van der Waals surface area contributed by atoms with Crippen LogP contribution in [-0.4, -0.2) is 21.8 Å². The number of pyridine rings is 1. The van der Waals surface area contributed by atoms with Crippen LogP contribution in [0.15, 0.2) is 60.9 Å². The Labute approximate surface area is 183 Å². The normalized spacial score (nSPS) is 11.8. The van der Waals surface area contributed by atoms with Crippen molar-refractivity contribution < 1.29 is 27.8 Å². The standard InChI is InChI=1S/C24H23F3N2O3/c1-23(2,3)32-22(31)29-14-15-10-18(12-19(11-15)24(25,26)27)17-4-5-21(30)20(13-17)16-6-8-28-9-7-16/h4-13,30H,14H2,1-3H3,(H,29,31). The lowest BCUT2D eigenvalue weighted by molar-refractivity contribution is -0.137. The topological polar surface area (TPSA) is 71.5 Å². The summed E-state index contributed by atoms with van der Waals surface area (Å²) < 4.78 is 45.7. The van der Waals surface area contributed by atoms with Crippen molar-refractivity contribution in [2.24, 2.45) is 0 Å². The van der Waals surface area contributed by atoms with Crippen LogP contribution in [0, 0.1) is 0 Å². The molecule has 3 rings (SSSR count). The number of alkyl halides is 3. The van der Waals surface area contributed by atoms with Gasteiger partial charge in [-0.3, -0.25) is 4.98 Å². The SMILES string of the molecule is CC(C)(C)OC(=O)NCc1cc(-c2ccc(O)c(-c3ccncc3)c2)cc(C(F)(F)F)c1. The van der Waals surface area contributed by atoms with Gasteiger partial charge < -0.3 is 15.2 Å². The quantitative estimate of drug-likeness (QED) is 0.505. The van der Waals surface area contributed by atoms with Gasteiger partial charge in [-0.25, -0.2) is 4.79 Å². The number of hydrogen-bond donors (Lipinski definition) is 2. The highest BCUT2D eigenvalue weighted by molar-refractivity contribution is 5.78. The number of alkyl carbamates (subject to hydrolysis) is 1. The number of benzene rings is 2. The third-order valence-electron chi connectivity index (χ3n) is 4.48. The maximum absolute atomic E-state index is 13.5. The second-order valence-corrected chi connectivity index (χ2v) is 8.24. The average Bonchev–Trinajstić information content (AvgIpc) is 2.71. The van der Waals surface area contributed by atoms with Crippen LogP contribution in [0.25, 0.3) is 22.3 Å². The molecular weight excluding hydrogens is 421 g/mol. The van der Waals surface area contributed by atoms with E-state index in [1.807, 2.05) is 0 Å². The molecule has 0 unspecified atom stereocenters. The molecule has 0 fully saturated rings. The highest BCUT2D eigenvalue weighted by Crippen LogP contribution is 2.37. The van der Waals surface area contributed by atoms with E-state index in [1.165, 1.54) is 6.07 Å². The van der Waals surface area contributed by atoms with Crippen LogP contribution in [0.1, 0.15) is 31.9 Å². The van der Waals surface area contributed by atoms with Gasteiger partial charge >= 0.3 is 12.3 Å². The molecule has 1 amide bonds. The highest BCUT2D eigenvalue weighted by Gasteiger charge is 2.31. The summed E-state index contributed by atoms with van der Waals surface area (Å²) in [6.07, 6.45) is -2.17. The predicted molar refractivity (Wildman–Crippen MR) is 115 cm³/mol. The van der Waals surface area contributed by atoms with E-state index >= 15 is 0 Å². The van der Waals surface area contributed by atoms with Gasteiger partial charge in [-0.05, 0) is 85.5 Å². The largest absolute Gasteiger partial charge is 0.507 e. The summed E-state index contributed by atoms with van der Waals surface area (Å²) in [4.78, 5) is 15.9. The fraction of sp³-hybridized carbons (Fsp3) is 0.250. The Bertz CT molecular complexity index is 1110. The first kappa shape index (κ1) is 23.1. The average molecular weight is 444 g/mol. The second kappa shape index (κ2) is 8.90. The number of amides is 1. The van der Waals surface area contributed by atoms with E-state index in [-0.39, 0.29) is 17.9 Å². The first-order valence-corrected chi connectivity index (χ1v) is 9.84. The number of carbonyl (C=O) groups excluding carboxylic acids is 1. The zero-order valence-corrected chi connectivity index (χ0v) is 17.8. The summed E-state index contributed by atoms with van der Waals surface area (Å²) in [7, 11) is 0. The molecule has 8 heteroatoms. The van der Waals surface area contributed by atoms with Gasteiger partial charge in [-0.15, -0.1) is 0 Å². The van der Waals surface area contributed by atoms with Crippen molar-refractivity contribution in [1.82, 2.24) is 10.3 Å². The maximum Gasteiger partial charge on any atom is 0.416 e. The molecule has 0 saturated heterocycles. The third-order valence-corrected chi connectivity index (χ3v) is 4.48. The molecule has 0 aliphatic rings. The van der Waals surface area contributed by atoms with E-state index in [9.17, 15) is 23.1 Å². The summed E-state index contributed by atoms with van der Waals surface area (Å²) >= 11 is 0. The molecule has 2 aromatic carbocycles. The number of nitrogens with one attached hydrogen (secondary N) is 1. The Morgan fingerprint density at radius 2 is 1.66 bits per heavy atom. The highest BCUT2D eigenvalue weighted by atomic mass is 19.4. The number of aromatic nitrogens is 1. The molecule has 32 heavy (non-hydrogen) atoms. The van der Waals surface area contributed by atoms with Crippen molar-refractivity contribution in [1.29, 1.82) is 0 Å². The first-order valence-electron chi connectivity index (χ1n) is 9.84. The number of phenolic OH excluding ortho intramolecular Hbond substituents is 1. The van der Waals surface area contributed by atoms with Crippen molar-refractivity contribution in [2.75, 3.05) is 0 Å². The molecule has 0 atom stereocenters. The van der Waals surface area contributed by atoms with Crippen molar-refractivity contribution >= 4 is 6.09 Å². The molecule has 2 N–H and O–H groups in total. The smallest absolute Gasteiger partial charge is 0.416 e. The lowest BCUT2D eigenvalue weighted by atomic mass is 9.96. The minimum atomic E-state index is -4.57. The molecule has 1 aromatic heterocycles. The number of phenols is 1. The summed E-state index contributed by atoms with van der Waals surface area (Å²) in [6, 6.07) is 11.6. The second-order valence-electron chi connectivity index (χ2n) is 8.24. The van der Waals surface area contributed by atoms with E-state index in [4.69, 9.17) is 4.74 Å². The van der Waals surface area contributed by atoms with Gasteiger partial charge in [0, 0.05) is 24.5 Å². The van der Waals surface area contributed by atoms with Crippen LogP contribution in [0.5, 0.6) is 5.75 Å². The number of carbonyl (C=O) groups is 1.